The second kappa shape index (κ2) is 10.3. The predicted molar refractivity (Wildman–Crippen MR) is 145 cm³/mol. The zero-order valence-corrected chi connectivity index (χ0v) is 19.3. The Morgan fingerprint density at radius 1 is 0.455 bits per heavy atom. The second-order valence-corrected chi connectivity index (χ2v) is 10.0. The summed E-state index contributed by atoms with van der Waals surface area (Å²) in [4.78, 5) is 0. The first kappa shape index (κ1) is 21.1. The van der Waals surface area contributed by atoms with Gasteiger partial charge in [0, 0.05) is 0 Å². The van der Waals surface area contributed by atoms with Gasteiger partial charge in [-0.25, -0.2) is 0 Å². The first-order valence-corrected chi connectivity index (χ1v) is 12.6. The van der Waals surface area contributed by atoms with Gasteiger partial charge in [0.15, 0.2) is 0 Å². The lowest BCUT2D eigenvalue weighted by molar-refractivity contribution is 1.57. The molecule has 0 aliphatic carbocycles. The van der Waals surface area contributed by atoms with Crippen LogP contribution in [0.25, 0.3) is 11.6 Å². The molecule has 0 nitrogen and oxygen atoms in total. The van der Waals surface area contributed by atoms with Crippen LogP contribution in [0, 0.1) is 0 Å². The Morgan fingerprint density at radius 2 is 0.909 bits per heavy atom. The number of benzene rings is 5. The van der Waals surface area contributed by atoms with E-state index in [0.29, 0.717) is 0 Å². The highest BCUT2D eigenvalue weighted by Crippen LogP contribution is 2.37. The molecule has 0 aliphatic heterocycles. The summed E-state index contributed by atoms with van der Waals surface area (Å²) in [5.41, 5.74) is 4.96. The second-order valence-electron chi connectivity index (χ2n) is 7.86. The average Bonchev–Trinajstić information content (AvgIpc) is 2.90. The van der Waals surface area contributed by atoms with E-state index in [1.165, 1.54) is 38.2 Å². The molecule has 5 aromatic carbocycles. The van der Waals surface area contributed by atoms with Crippen molar-refractivity contribution < 1.29 is 0 Å². The van der Waals surface area contributed by atoms with E-state index in [1.807, 2.05) is 0 Å². The summed E-state index contributed by atoms with van der Waals surface area (Å²) in [6, 6.07) is 52.1. The van der Waals surface area contributed by atoms with Gasteiger partial charge in [0.1, 0.15) is 0 Å². The van der Waals surface area contributed by atoms with E-state index in [2.05, 4.69) is 152 Å². The van der Waals surface area contributed by atoms with Crippen LogP contribution in [0.1, 0.15) is 16.7 Å². The maximum Gasteiger partial charge on any atom is -0.00724 e. The zero-order valence-electron chi connectivity index (χ0n) is 18.4. The smallest absolute Gasteiger partial charge is 0.00724 e. The number of hydrogen-bond donors (Lipinski definition) is 0. The van der Waals surface area contributed by atoms with Crippen LogP contribution in [0.3, 0.4) is 0 Å². The van der Waals surface area contributed by atoms with Crippen molar-refractivity contribution in [2.24, 2.45) is 0 Å². The monoisotopic (exact) mass is 440 g/mol. The molecule has 0 saturated carbocycles. The summed E-state index contributed by atoms with van der Waals surface area (Å²) < 4.78 is 0. The van der Waals surface area contributed by atoms with Crippen LogP contribution in [0.5, 0.6) is 0 Å². The van der Waals surface area contributed by atoms with Crippen molar-refractivity contribution in [3.05, 3.63) is 162 Å². The lowest BCUT2D eigenvalue weighted by Gasteiger charge is -2.23. The molecule has 158 valence electrons. The molecular formula is C32H25P. The van der Waals surface area contributed by atoms with Gasteiger partial charge in [0.2, 0.25) is 0 Å². The van der Waals surface area contributed by atoms with Crippen molar-refractivity contribution in [2.45, 2.75) is 0 Å². The van der Waals surface area contributed by atoms with E-state index in [9.17, 15) is 0 Å². The summed E-state index contributed by atoms with van der Waals surface area (Å²) in [6.07, 6.45) is 2.32. The van der Waals surface area contributed by atoms with Crippen LogP contribution in [0.15, 0.2) is 146 Å². The van der Waals surface area contributed by atoms with Crippen LogP contribution >= 0.6 is 7.92 Å². The Morgan fingerprint density at radius 3 is 1.48 bits per heavy atom. The molecule has 0 aromatic heterocycles. The summed E-state index contributed by atoms with van der Waals surface area (Å²) in [6.45, 7) is 0. The molecule has 5 aromatic rings. The third-order valence-electron chi connectivity index (χ3n) is 5.66. The average molecular weight is 441 g/mol. The molecule has 0 saturated heterocycles. The van der Waals surface area contributed by atoms with E-state index in [-0.39, 0.29) is 0 Å². The van der Waals surface area contributed by atoms with Crippen molar-refractivity contribution in [3.63, 3.8) is 0 Å². The standard InChI is InChI=1S/C32H25P/c1-5-15-26(16-6-1)25-31(27-17-7-2-8-18-27)30-23-13-14-24-32(30)33(28-19-9-3-10-20-28)29-21-11-4-12-22-29/h1-25H/b31-25+. The molecular weight excluding hydrogens is 415 g/mol. The minimum atomic E-state index is -0.705. The highest BCUT2D eigenvalue weighted by atomic mass is 31.1. The van der Waals surface area contributed by atoms with E-state index in [1.54, 1.807) is 0 Å². The molecule has 0 N–H and O–H groups in total. The van der Waals surface area contributed by atoms with Gasteiger partial charge in [-0.05, 0) is 52.2 Å². The molecule has 0 unspecified atom stereocenters. The van der Waals surface area contributed by atoms with Crippen LogP contribution in [0.2, 0.25) is 0 Å². The van der Waals surface area contributed by atoms with E-state index in [4.69, 9.17) is 0 Å². The Bertz CT molecular complexity index is 1290. The minimum Gasteiger partial charge on any atom is -0.0622 e. The predicted octanol–water partition coefficient (Wildman–Crippen LogP) is 7.03. The van der Waals surface area contributed by atoms with Gasteiger partial charge in [-0.1, -0.05) is 146 Å². The topological polar surface area (TPSA) is 0 Å². The normalized spacial score (nSPS) is 11.5. The maximum atomic E-state index is 2.32. The van der Waals surface area contributed by atoms with Gasteiger partial charge in [-0.15, -0.1) is 0 Å². The molecule has 0 spiro atoms. The number of hydrogen-bond acceptors (Lipinski definition) is 0. The Kier molecular flexibility index (Phi) is 6.57. The molecule has 0 aliphatic rings. The van der Waals surface area contributed by atoms with Crippen LogP contribution < -0.4 is 15.9 Å². The van der Waals surface area contributed by atoms with Gasteiger partial charge < -0.3 is 0 Å². The highest BCUT2D eigenvalue weighted by Gasteiger charge is 2.21. The first-order valence-electron chi connectivity index (χ1n) is 11.2. The molecule has 33 heavy (non-hydrogen) atoms. The summed E-state index contributed by atoms with van der Waals surface area (Å²) >= 11 is 0. The summed E-state index contributed by atoms with van der Waals surface area (Å²) in [5, 5.41) is 4.09. The number of rotatable bonds is 6. The van der Waals surface area contributed by atoms with Crippen molar-refractivity contribution in [1.29, 1.82) is 0 Å². The molecule has 0 amide bonds. The molecule has 5 rings (SSSR count). The Balaban J connectivity index is 1.75. The van der Waals surface area contributed by atoms with Gasteiger partial charge >= 0.3 is 0 Å². The van der Waals surface area contributed by atoms with Crippen molar-refractivity contribution in [1.82, 2.24) is 0 Å². The van der Waals surface area contributed by atoms with Gasteiger partial charge in [-0.2, -0.15) is 0 Å². The quantitative estimate of drug-likeness (QED) is 0.196. The highest BCUT2D eigenvalue weighted by molar-refractivity contribution is 7.80. The van der Waals surface area contributed by atoms with E-state index >= 15 is 0 Å². The molecule has 0 fully saturated rings. The van der Waals surface area contributed by atoms with Crippen molar-refractivity contribution in [2.75, 3.05) is 0 Å². The third-order valence-corrected chi connectivity index (χ3v) is 8.16. The Labute approximate surface area is 197 Å². The molecule has 1 heteroatoms. The van der Waals surface area contributed by atoms with Gasteiger partial charge in [-0.3, -0.25) is 0 Å². The fourth-order valence-electron chi connectivity index (χ4n) is 4.13. The molecule has 0 atom stereocenters. The Hall–Kier alpha value is -3.73. The SMILES string of the molecule is C(=C(/c1ccccc1)c1ccccc1P(c1ccccc1)c1ccccc1)/c1ccccc1. The van der Waals surface area contributed by atoms with E-state index in [0.717, 1.165) is 0 Å². The summed E-state index contributed by atoms with van der Waals surface area (Å²) in [5.74, 6) is 0. The lowest BCUT2D eigenvalue weighted by atomic mass is 9.95. The maximum absolute atomic E-state index is 2.32. The van der Waals surface area contributed by atoms with Crippen molar-refractivity contribution >= 4 is 35.5 Å². The largest absolute Gasteiger partial charge is 0.0622 e. The van der Waals surface area contributed by atoms with Crippen LogP contribution in [0.4, 0.5) is 0 Å². The fourth-order valence-corrected chi connectivity index (χ4v) is 6.59. The third kappa shape index (κ3) is 4.87. The first-order chi connectivity index (χ1) is 16.4. The van der Waals surface area contributed by atoms with Gasteiger partial charge in [0.25, 0.3) is 0 Å². The van der Waals surface area contributed by atoms with Crippen molar-refractivity contribution in [3.8, 4) is 0 Å². The van der Waals surface area contributed by atoms with Gasteiger partial charge in [0.05, 0.1) is 0 Å². The van der Waals surface area contributed by atoms with Crippen LogP contribution in [-0.4, -0.2) is 0 Å². The minimum absolute atomic E-state index is 0.705. The fraction of sp³-hybridized carbons (Fsp3) is 0. The molecule has 0 radical (unpaired) electrons. The zero-order chi connectivity index (χ0) is 22.3. The molecule has 0 bridgehead atoms. The summed E-state index contributed by atoms with van der Waals surface area (Å²) in [7, 11) is -0.705. The lowest BCUT2D eigenvalue weighted by Crippen LogP contribution is -2.23. The van der Waals surface area contributed by atoms with E-state index < -0.39 is 7.92 Å². The molecule has 0 heterocycles. The van der Waals surface area contributed by atoms with Crippen LogP contribution in [-0.2, 0) is 0 Å².